The molecule has 3 nitrogen and oxygen atoms in total. The average molecular weight is 258 g/mol. The number of methoxy groups -OCH3 is 1. The molecule has 0 heterocycles. The Morgan fingerprint density at radius 3 is 2.95 bits per heavy atom. The molecule has 0 saturated heterocycles. The normalized spacial score (nSPS) is 22.6. The van der Waals surface area contributed by atoms with Crippen LogP contribution in [0.25, 0.3) is 0 Å². The molecule has 1 aliphatic carbocycles. The van der Waals surface area contributed by atoms with Crippen LogP contribution in [0.15, 0.2) is 18.2 Å². The van der Waals surface area contributed by atoms with Crippen molar-refractivity contribution in [1.82, 2.24) is 0 Å². The van der Waals surface area contributed by atoms with Gasteiger partial charge in [0.05, 0.1) is 18.4 Å². The third-order valence-electron chi connectivity index (χ3n) is 3.97. The van der Waals surface area contributed by atoms with E-state index >= 15 is 0 Å². The minimum Gasteiger partial charge on any atom is -0.497 e. The van der Waals surface area contributed by atoms with Crippen molar-refractivity contribution in [3.05, 3.63) is 23.8 Å². The zero-order valence-electron chi connectivity index (χ0n) is 11.8. The lowest BCUT2D eigenvalue weighted by Gasteiger charge is -2.27. The van der Waals surface area contributed by atoms with Gasteiger partial charge in [-0.2, -0.15) is 5.26 Å². The maximum atomic E-state index is 9.13. The second-order valence-electron chi connectivity index (χ2n) is 5.54. The van der Waals surface area contributed by atoms with Gasteiger partial charge in [0.1, 0.15) is 11.8 Å². The van der Waals surface area contributed by atoms with E-state index in [0.29, 0.717) is 5.56 Å². The molecule has 2 unspecified atom stereocenters. The van der Waals surface area contributed by atoms with Gasteiger partial charge in [-0.1, -0.05) is 19.8 Å². The van der Waals surface area contributed by atoms with Gasteiger partial charge in [-0.25, -0.2) is 0 Å². The SMILES string of the molecule is COc1ccc(C#N)c(NCC2CCCC(C)C2)c1. The minimum atomic E-state index is 0.685. The zero-order valence-corrected chi connectivity index (χ0v) is 11.8. The molecule has 3 heteroatoms. The molecule has 2 rings (SSSR count). The van der Waals surface area contributed by atoms with Crippen molar-refractivity contribution in [1.29, 1.82) is 5.26 Å². The fourth-order valence-electron chi connectivity index (χ4n) is 2.89. The number of nitrogens with one attached hydrogen (secondary N) is 1. The van der Waals surface area contributed by atoms with Crippen LogP contribution in [0.3, 0.4) is 0 Å². The zero-order chi connectivity index (χ0) is 13.7. The number of benzene rings is 1. The third kappa shape index (κ3) is 3.64. The van der Waals surface area contributed by atoms with E-state index in [4.69, 9.17) is 10.00 Å². The van der Waals surface area contributed by atoms with Crippen molar-refractivity contribution >= 4 is 5.69 Å². The van der Waals surface area contributed by atoms with Gasteiger partial charge in [0.25, 0.3) is 0 Å². The van der Waals surface area contributed by atoms with E-state index in [9.17, 15) is 0 Å². The topological polar surface area (TPSA) is 45.0 Å². The summed E-state index contributed by atoms with van der Waals surface area (Å²) in [7, 11) is 1.65. The van der Waals surface area contributed by atoms with Crippen molar-refractivity contribution in [2.45, 2.75) is 32.6 Å². The van der Waals surface area contributed by atoms with Crippen molar-refractivity contribution in [3.8, 4) is 11.8 Å². The first kappa shape index (κ1) is 13.7. The molecule has 1 saturated carbocycles. The van der Waals surface area contributed by atoms with Gasteiger partial charge in [-0.15, -0.1) is 0 Å². The number of ether oxygens (including phenoxy) is 1. The highest BCUT2D eigenvalue weighted by atomic mass is 16.5. The van der Waals surface area contributed by atoms with Crippen molar-refractivity contribution in [2.24, 2.45) is 11.8 Å². The second kappa shape index (κ2) is 6.47. The van der Waals surface area contributed by atoms with Gasteiger partial charge in [-0.05, 0) is 36.8 Å². The number of rotatable bonds is 4. The average Bonchev–Trinajstić information content (AvgIpc) is 2.45. The van der Waals surface area contributed by atoms with Gasteiger partial charge < -0.3 is 10.1 Å². The Kier molecular flexibility index (Phi) is 4.68. The predicted molar refractivity (Wildman–Crippen MR) is 77.3 cm³/mol. The van der Waals surface area contributed by atoms with Crippen LogP contribution in [0.1, 0.15) is 38.2 Å². The number of hydrogen-bond acceptors (Lipinski definition) is 3. The van der Waals surface area contributed by atoms with E-state index in [1.807, 2.05) is 18.2 Å². The van der Waals surface area contributed by atoms with E-state index in [-0.39, 0.29) is 0 Å². The number of hydrogen-bond donors (Lipinski definition) is 1. The molecule has 0 spiro atoms. The number of nitrogens with zero attached hydrogens (tertiary/aromatic N) is 1. The third-order valence-corrected chi connectivity index (χ3v) is 3.97. The summed E-state index contributed by atoms with van der Waals surface area (Å²) in [6.45, 7) is 3.28. The van der Waals surface area contributed by atoms with Crippen LogP contribution in [0, 0.1) is 23.2 Å². The molecule has 1 aromatic carbocycles. The van der Waals surface area contributed by atoms with Crippen LogP contribution < -0.4 is 10.1 Å². The van der Waals surface area contributed by atoms with E-state index in [1.165, 1.54) is 25.7 Å². The van der Waals surface area contributed by atoms with Gasteiger partial charge in [-0.3, -0.25) is 0 Å². The molecule has 19 heavy (non-hydrogen) atoms. The van der Waals surface area contributed by atoms with Crippen LogP contribution >= 0.6 is 0 Å². The molecule has 0 amide bonds. The van der Waals surface area contributed by atoms with Gasteiger partial charge >= 0.3 is 0 Å². The summed E-state index contributed by atoms with van der Waals surface area (Å²) in [5.41, 5.74) is 1.57. The maximum Gasteiger partial charge on any atom is 0.121 e. The Bertz CT molecular complexity index is 464. The Hall–Kier alpha value is -1.69. The Morgan fingerprint density at radius 2 is 2.26 bits per heavy atom. The molecule has 1 fully saturated rings. The van der Waals surface area contributed by atoms with Crippen LogP contribution in [0.2, 0.25) is 0 Å². The minimum absolute atomic E-state index is 0.685. The quantitative estimate of drug-likeness (QED) is 0.893. The monoisotopic (exact) mass is 258 g/mol. The first-order chi connectivity index (χ1) is 9.22. The van der Waals surface area contributed by atoms with Crippen LogP contribution in [0.4, 0.5) is 5.69 Å². The fourth-order valence-corrected chi connectivity index (χ4v) is 2.89. The molecule has 0 aliphatic heterocycles. The lowest BCUT2D eigenvalue weighted by molar-refractivity contribution is 0.293. The molecule has 1 aliphatic rings. The maximum absolute atomic E-state index is 9.13. The molecule has 0 aromatic heterocycles. The molecule has 102 valence electrons. The van der Waals surface area contributed by atoms with Crippen molar-refractivity contribution in [2.75, 3.05) is 19.0 Å². The highest BCUT2D eigenvalue weighted by Crippen LogP contribution is 2.29. The Morgan fingerprint density at radius 1 is 1.42 bits per heavy atom. The lowest BCUT2D eigenvalue weighted by Crippen LogP contribution is -2.21. The molecule has 2 atom stereocenters. The van der Waals surface area contributed by atoms with Crippen LogP contribution in [-0.4, -0.2) is 13.7 Å². The Labute approximate surface area is 115 Å². The number of nitriles is 1. The summed E-state index contributed by atoms with van der Waals surface area (Å²) in [4.78, 5) is 0. The highest BCUT2D eigenvalue weighted by molar-refractivity contribution is 5.60. The summed E-state index contributed by atoms with van der Waals surface area (Å²) in [5.74, 6) is 2.35. The van der Waals surface area contributed by atoms with Gasteiger partial charge in [0.15, 0.2) is 0 Å². The molecule has 1 N–H and O–H groups in total. The van der Waals surface area contributed by atoms with Crippen LogP contribution in [-0.2, 0) is 0 Å². The first-order valence-corrected chi connectivity index (χ1v) is 7.05. The number of anilines is 1. The lowest BCUT2D eigenvalue weighted by atomic mass is 9.82. The van der Waals surface area contributed by atoms with E-state index < -0.39 is 0 Å². The summed E-state index contributed by atoms with van der Waals surface area (Å²) in [6, 6.07) is 7.77. The largest absolute Gasteiger partial charge is 0.497 e. The molecular weight excluding hydrogens is 236 g/mol. The summed E-state index contributed by atoms with van der Waals surface area (Å²) in [6.07, 6.45) is 5.28. The second-order valence-corrected chi connectivity index (χ2v) is 5.54. The molecule has 1 aromatic rings. The smallest absolute Gasteiger partial charge is 0.121 e. The fraction of sp³-hybridized carbons (Fsp3) is 0.562. The molecule has 0 bridgehead atoms. The molecule has 0 radical (unpaired) electrons. The highest BCUT2D eigenvalue weighted by Gasteiger charge is 2.18. The van der Waals surface area contributed by atoms with Crippen LogP contribution in [0.5, 0.6) is 5.75 Å². The van der Waals surface area contributed by atoms with Gasteiger partial charge in [0.2, 0.25) is 0 Å². The van der Waals surface area contributed by atoms with Gasteiger partial charge in [0, 0.05) is 12.6 Å². The predicted octanol–water partition coefficient (Wildman–Crippen LogP) is 3.81. The van der Waals surface area contributed by atoms with E-state index in [0.717, 1.165) is 29.8 Å². The van der Waals surface area contributed by atoms with E-state index in [2.05, 4.69) is 18.3 Å². The summed E-state index contributed by atoms with van der Waals surface area (Å²) < 4.78 is 5.21. The van der Waals surface area contributed by atoms with E-state index in [1.54, 1.807) is 7.11 Å². The molecular formula is C16H22N2O. The summed E-state index contributed by atoms with van der Waals surface area (Å²) in [5, 5.41) is 12.6. The van der Waals surface area contributed by atoms with Crippen molar-refractivity contribution in [3.63, 3.8) is 0 Å². The first-order valence-electron chi connectivity index (χ1n) is 7.05. The van der Waals surface area contributed by atoms with Crippen molar-refractivity contribution < 1.29 is 4.74 Å². The standard InChI is InChI=1S/C16H22N2O/c1-12-4-3-5-13(8-12)11-18-16-9-15(19-2)7-6-14(16)10-17/h6-7,9,12-13,18H,3-5,8,11H2,1-2H3. The Balaban J connectivity index is 2.00. The summed E-state index contributed by atoms with van der Waals surface area (Å²) >= 11 is 0.